The second-order valence-corrected chi connectivity index (χ2v) is 3.70. The minimum atomic E-state index is 0.775. The fourth-order valence-corrected chi connectivity index (χ4v) is 1.51. The van der Waals surface area contributed by atoms with Crippen molar-refractivity contribution in [1.82, 2.24) is 9.97 Å². The zero-order valence-corrected chi connectivity index (χ0v) is 10.0. The minimum Gasteiger partial charge on any atom is -0.354 e. The Kier molecular flexibility index (Phi) is 5.08. The third kappa shape index (κ3) is 3.50. The zero-order chi connectivity index (χ0) is 11.1. The van der Waals surface area contributed by atoms with E-state index in [1.54, 1.807) is 0 Å². The van der Waals surface area contributed by atoms with Crippen molar-refractivity contribution in [3.63, 3.8) is 0 Å². The van der Waals surface area contributed by atoms with Crippen LogP contribution in [-0.2, 0) is 12.8 Å². The molecule has 1 aromatic heterocycles. The van der Waals surface area contributed by atoms with Crippen LogP contribution < -0.4 is 5.32 Å². The van der Waals surface area contributed by atoms with E-state index in [-0.39, 0.29) is 0 Å². The number of aromatic nitrogens is 2. The van der Waals surface area contributed by atoms with Gasteiger partial charge in [0.25, 0.3) is 0 Å². The van der Waals surface area contributed by atoms with Gasteiger partial charge in [0.1, 0.15) is 0 Å². The Balaban J connectivity index is 2.79. The van der Waals surface area contributed by atoms with Crippen LogP contribution in [0.3, 0.4) is 0 Å². The van der Waals surface area contributed by atoms with Crippen LogP contribution in [0.5, 0.6) is 0 Å². The Hall–Kier alpha value is -1.12. The largest absolute Gasteiger partial charge is 0.354 e. The van der Waals surface area contributed by atoms with Gasteiger partial charge in [0.05, 0.1) is 0 Å². The SMILES string of the molecule is CCCNc1ncc(CC)c(CCC)n1. The smallest absolute Gasteiger partial charge is 0.222 e. The van der Waals surface area contributed by atoms with E-state index >= 15 is 0 Å². The molecular formula is C12H21N3. The molecule has 0 amide bonds. The molecule has 1 rings (SSSR count). The lowest BCUT2D eigenvalue weighted by Gasteiger charge is -2.08. The summed E-state index contributed by atoms with van der Waals surface area (Å²) >= 11 is 0. The lowest BCUT2D eigenvalue weighted by molar-refractivity contribution is 0.839. The molecule has 0 bridgehead atoms. The zero-order valence-electron chi connectivity index (χ0n) is 10.0. The molecule has 0 fully saturated rings. The van der Waals surface area contributed by atoms with Crippen molar-refractivity contribution in [2.45, 2.75) is 46.5 Å². The van der Waals surface area contributed by atoms with Gasteiger partial charge >= 0.3 is 0 Å². The fraction of sp³-hybridized carbons (Fsp3) is 0.667. The van der Waals surface area contributed by atoms with Crippen molar-refractivity contribution in [3.05, 3.63) is 17.5 Å². The van der Waals surface area contributed by atoms with E-state index in [0.717, 1.165) is 38.2 Å². The van der Waals surface area contributed by atoms with E-state index in [1.165, 1.54) is 11.3 Å². The molecule has 0 saturated carbocycles. The van der Waals surface area contributed by atoms with Gasteiger partial charge in [-0.1, -0.05) is 27.2 Å². The molecule has 1 heterocycles. The maximum Gasteiger partial charge on any atom is 0.222 e. The second-order valence-electron chi connectivity index (χ2n) is 3.70. The summed E-state index contributed by atoms with van der Waals surface area (Å²) in [6, 6.07) is 0. The van der Waals surface area contributed by atoms with Crippen molar-refractivity contribution in [2.75, 3.05) is 11.9 Å². The van der Waals surface area contributed by atoms with Crippen LogP contribution in [0.15, 0.2) is 6.20 Å². The molecule has 0 spiro atoms. The molecular weight excluding hydrogens is 186 g/mol. The van der Waals surface area contributed by atoms with Crippen LogP contribution in [0.4, 0.5) is 5.95 Å². The van der Waals surface area contributed by atoms with E-state index in [9.17, 15) is 0 Å². The van der Waals surface area contributed by atoms with E-state index in [0.29, 0.717) is 0 Å². The quantitative estimate of drug-likeness (QED) is 0.779. The van der Waals surface area contributed by atoms with Crippen LogP contribution in [0.1, 0.15) is 44.9 Å². The maximum absolute atomic E-state index is 4.55. The van der Waals surface area contributed by atoms with Crippen LogP contribution in [0.2, 0.25) is 0 Å². The Morgan fingerprint density at radius 3 is 2.60 bits per heavy atom. The average Bonchev–Trinajstić information content (AvgIpc) is 2.27. The summed E-state index contributed by atoms with van der Waals surface area (Å²) in [4.78, 5) is 8.86. The fourth-order valence-electron chi connectivity index (χ4n) is 1.51. The first-order chi connectivity index (χ1) is 7.31. The number of aryl methyl sites for hydroxylation is 2. The van der Waals surface area contributed by atoms with Gasteiger partial charge in [-0.2, -0.15) is 0 Å². The number of nitrogens with one attached hydrogen (secondary N) is 1. The highest BCUT2D eigenvalue weighted by Crippen LogP contribution is 2.11. The first-order valence-electron chi connectivity index (χ1n) is 5.90. The second kappa shape index (κ2) is 6.38. The Morgan fingerprint density at radius 1 is 1.20 bits per heavy atom. The number of hydrogen-bond donors (Lipinski definition) is 1. The average molecular weight is 207 g/mol. The van der Waals surface area contributed by atoms with Gasteiger partial charge in [-0.3, -0.25) is 0 Å². The van der Waals surface area contributed by atoms with Gasteiger partial charge < -0.3 is 5.32 Å². The molecule has 0 aromatic carbocycles. The Bertz CT molecular complexity index is 297. The van der Waals surface area contributed by atoms with E-state index in [2.05, 4.69) is 36.1 Å². The molecule has 0 atom stereocenters. The van der Waals surface area contributed by atoms with Gasteiger partial charge in [0.2, 0.25) is 5.95 Å². The van der Waals surface area contributed by atoms with Crippen molar-refractivity contribution in [1.29, 1.82) is 0 Å². The van der Waals surface area contributed by atoms with Crippen LogP contribution in [0.25, 0.3) is 0 Å². The molecule has 3 heteroatoms. The lowest BCUT2D eigenvalue weighted by Crippen LogP contribution is -2.07. The molecule has 0 aliphatic carbocycles. The van der Waals surface area contributed by atoms with Crippen molar-refractivity contribution in [3.8, 4) is 0 Å². The van der Waals surface area contributed by atoms with Crippen LogP contribution in [0, 0.1) is 0 Å². The molecule has 15 heavy (non-hydrogen) atoms. The highest BCUT2D eigenvalue weighted by molar-refractivity contribution is 5.29. The van der Waals surface area contributed by atoms with Crippen LogP contribution in [-0.4, -0.2) is 16.5 Å². The summed E-state index contributed by atoms with van der Waals surface area (Å²) in [6.45, 7) is 7.41. The maximum atomic E-state index is 4.55. The highest BCUT2D eigenvalue weighted by atomic mass is 15.1. The van der Waals surface area contributed by atoms with E-state index in [1.807, 2.05) is 6.20 Å². The van der Waals surface area contributed by atoms with E-state index < -0.39 is 0 Å². The van der Waals surface area contributed by atoms with Crippen LogP contribution >= 0.6 is 0 Å². The number of rotatable bonds is 6. The monoisotopic (exact) mass is 207 g/mol. The minimum absolute atomic E-state index is 0.775. The van der Waals surface area contributed by atoms with Gasteiger partial charge in [-0.25, -0.2) is 9.97 Å². The van der Waals surface area contributed by atoms with Crippen molar-refractivity contribution < 1.29 is 0 Å². The summed E-state index contributed by atoms with van der Waals surface area (Å²) in [5.74, 6) is 0.775. The van der Waals surface area contributed by atoms with Crippen molar-refractivity contribution in [2.24, 2.45) is 0 Å². The van der Waals surface area contributed by atoms with Gasteiger partial charge in [-0.05, 0) is 24.8 Å². The van der Waals surface area contributed by atoms with E-state index in [4.69, 9.17) is 0 Å². The summed E-state index contributed by atoms with van der Waals surface area (Å²) in [6.07, 6.45) is 6.26. The number of anilines is 1. The third-order valence-electron chi connectivity index (χ3n) is 2.36. The Labute approximate surface area is 92.3 Å². The van der Waals surface area contributed by atoms with Gasteiger partial charge in [-0.15, -0.1) is 0 Å². The summed E-state index contributed by atoms with van der Waals surface area (Å²) in [7, 11) is 0. The molecule has 0 aliphatic heterocycles. The third-order valence-corrected chi connectivity index (χ3v) is 2.36. The standard InChI is InChI=1S/C12H21N3/c1-4-7-11-10(6-3)9-14-12(15-11)13-8-5-2/h9H,4-8H2,1-3H3,(H,13,14,15). The molecule has 0 aliphatic rings. The molecule has 0 saturated heterocycles. The predicted molar refractivity (Wildman–Crippen MR) is 64.2 cm³/mol. The summed E-state index contributed by atoms with van der Waals surface area (Å²) in [5.41, 5.74) is 2.48. The van der Waals surface area contributed by atoms with Crippen molar-refractivity contribution >= 4 is 5.95 Å². The predicted octanol–water partition coefficient (Wildman–Crippen LogP) is 2.81. The summed E-state index contributed by atoms with van der Waals surface area (Å²) < 4.78 is 0. The van der Waals surface area contributed by atoms with Gasteiger partial charge in [0.15, 0.2) is 0 Å². The molecule has 0 radical (unpaired) electrons. The molecule has 0 unspecified atom stereocenters. The highest BCUT2D eigenvalue weighted by Gasteiger charge is 2.04. The lowest BCUT2D eigenvalue weighted by atomic mass is 10.1. The molecule has 1 N–H and O–H groups in total. The first kappa shape index (κ1) is 12.0. The number of nitrogens with zero attached hydrogens (tertiary/aromatic N) is 2. The normalized spacial score (nSPS) is 10.3. The number of hydrogen-bond acceptors (Lipinski definition) is 3. The summed E-state index contributed by atoms with van der Waals surface area (Å²) in [5, 5.41) is 3.22. The Morgan fingerprint density at radius 2 is 2.00 bits per heavy atom. The first-order valence-corrected chi connectivity index (χ1v) is 5.90. The molecule has 84 valence electrons. The molecule has 3 nitrogen and oxygen atoms in total. The molecule has 1 aromatic rings. The van der Waals surface area contributed by atoms with Gasteiger partial charge in [0, 0.05) is 18.4 Å². The topological polar surface area (TPSA) is 37.8 Å².